The first kappa shape index (κ1) is 18.1. The number of methoxy groups -OCH3 is 1. The van der Waals surface area contributed by atoms with Gasteiger partial charge in [-0.15, -0.1) is 10.2 Å². The lowest BCUT2D eigenvalue weighted by molar-refractivity contribution is 0.0600. The number of rotatable bonds is 5. The molecule has 0 radical (unpaired) electrons. The van der Waals surface area contributed by atoms with E-state index in [1.807, 2.05) is 31.2 Å². The minimum absolute atomic E-state index is 0.199. The third kappa shape index (κ3) is 4.66. The summed E-state index contributed by atoms with van der Waals surface area (Å²) in [5.41, 5.74) is 3.02. The van der Waals surface area contributed by atoms with Crippen LogP contribution in [0.25, 0.3) is 0 Å². The number of aromatic nitrogens is 2. The fourth-order valence-corrected chi connectivity index (χ4v) is 2.43. The molecule has 0 spiro atoms. The first-order chi connectivity index (χ1) is 13.0. The third-order valence-corrected chi connectivity index (χ3v) is 3.73. The molecule has 0 unspecified atom stereocenters. The smallest absolute Gasteiger partial charge is 0.337 e. The molecule has 3 aromatic rings. The summed E-state index contributed by atoms with van der Waals surface area (Å²) >= 11 is 0. The number of hydrogen-bond acceptors (Lipinski definition) is 6. The van der Waals surface area contributed by atoms with Crippen LogP contribution in [0, 0.1) is 6.92 Å². The van der Waals surface area contributed by atoms with Crippen molar-refractivity contribution < 1.29 is 14.3 Å². The van der Waals surface area contributed by atoms with Gasteiger partial charge < -0.3 is 15.4 Å². The van der Waals surface area contributed by atoms with E-state index in [-0.39, 0.29) is 11.6 Å². The van der Waals surface area contributed by atoms with E-state index in [2.05, 4.69) is 20.8 Å². The summed E-state index contributed by atoms with van der Waals surface area (Å²) in [6.45, 7) is 1.95. The zero-order valence-electron chi connectivity index (χ0n) is 14.9. The number of benzene rings is 2. The molecule has 1 heterocycles. The van der Waals surface area contributed by atoms with Gasteiger partial charge >= 0.3 is 5.97 Å². The Balaban J connectivity index is 1.68. The molecule has 2 aromatic carbocycles. The Morgan fingerprint density at radius 1 is 0.926 bits per heavy atom. The molecule has 0 atom stereocenters. The fourth-order valence-electron chi connectivity index (χ4n) is 2.43. The number of carbonyl (C=O) groups excluding carboxylic acids is 2. The number of ether oxygens (including phenoxy) is 1. The lowest BCUT2D eigenvalue weighted by Gasteiger charge is -2.08. The van der Waals surface area contributed by atoms with Crippen LogP contribution in [-0.2, 0) is 4.74 Å². The second kappa shape index (κ2) is 8.09. The van der Waals surface area contributed by atoms with Gasteiger partial charge in [0.2, 0.25) is 0 Å². The molecule has 0 aliphatic heterocycles. The first-order valence-corrected chi connectivity index (χ1v) is 8.22. The van der Waals surface area contributed by atoms with E-state index in [0.717, 1.165) is 5.56 Å². The van der Waals surface area contributed by atoms with Gasteiger partial charge in [0.05, 0.1) is 12.7 Å². The highest BCUT2D eigenvalue weighted by atomic mass is 16.5. The van der Waals surface area contributed by atoms with Crippen LogP contribution in [0.5, 0.6) is 0 Å². The van der Waals surface area contributed by atoms with E-state index in [9.17, 15) is 9.59 Å². The van der Waals surface area contributed by atoms with Crippen molar-refractivity contribution in [3.8, 4) is 0 Å². The molecule has 0 saturated heterocycles. The summed E-state index contributed by atoms with van der Waals surface area (Å²) in [5.74, 6) is -0.315. The molecular weight excluding hydrogens is 344 g/mol. The Morgan fingerprint density at radius 3 is 2.41 bits per heavy atom. The number of anilines is 3. The maximum absolute atomic E-state index is 12.3. The summed E-state index contributed by atoms with van der Waals surface area (Å²) in [7, 11) is 1.33. The minimum Gasteiger partial charge on any atom is -0.465 e. The maximum Gasteiger partial charge on any atom is 0.337 e. The maximum atomic E-state index is 12.3. The van der Waals surface area contributed by atoms with Crippen LogP contribution in [-0.4, -0.2) is 29.2 Å². The lowest BCUT2D eigenvalue weighted by atomic mass is 10.2. The van der Waals surface area contributed by atoms with Gasteiger partial charge in [-0.05, 0) is 55.0 Å². The van der Waals surface area contributed by atoms with Crippen LogP contribution in [0.15, 0.2) is 60.7 Å². The van der Waals surface area contributed by atoms with E-state index in [1.165, 1.54) is 7.11 Å². The van der Waals surface area contributed by atoms with Gasteiger partial charge in [0.15, 0.2) is 11.5 Å². The van der Waals surface area contributed by atoms with Crippen LogP contribution in [0.3, 0.4) is 0 Å². The summed E-state index contributed by atoms with van der Waals surface area (Å²) < 4.78 is 4.70. The van der Waals surface area contributed by atoms with Crippen molar-refractivity contribution >= 4 is 29.1 Å². The molecular formula is C20H18N4O3. The number of nitrogens with one attached hydrogen (secondary N) is 2. The molecule has 0 aliphatic rings. The fraction of sp³-hybridized carbons (Fsp3) is 0.100. The molecule has 0 saturated carbocycles. The predicted molar refractivity (Wildman–Crippen MR) is 102 cm³/mol. The lowest BCUT2D eigenvalue weighted by Crippen LogP contribution is -2.14. The Labute approximate surface area is 156 Å². The Morgan fingerprint density at radius 2 is 1.70 bits per heavy atom. The molecule has 7 nitrogen and oxygen atoms in total. The highest BCUT2D eigenvalue weighted by Gasteiger charge is 2.10. The SMILES string of the molecule is COC(=O)c1cccc(Nc2ccc(C(=O)Nc3cccc(C)c3)nn2)c1. The summed E-state index contributed by atoms with van der Waals surface area (Å²) in [6.07, 6.45) is 0. The molecule has 7 heteroatoms. The molecule has 136 valence electrons. The van der Waals surface area contributed by atoms with Crippen molar-refractivity contribution in [2.75, 3.05) is 17.7 Å². The van der Waals surface area contributed by atoms with Gasteiger partial charge in [-0.2, -0.15) is 0 Å². The van der Waals surface area contributed by atoms with Crippen molar-refractivity contribution in [3.05, 3.63) is 77.5 Å². The van der Waals surface area contributed by atoms with Gasteiger partial charge in [-0.25, -0.2) is 4.79 Å². The van der Waals surface area contributed by atoms with Crippen LogP contribution in [0.2, 0.25) is 0 Å². The molecule has 1 amide bonds. The number of hydrogen-bond donors (Lipinski definition) is 2. The zero-order valence-corrected chi connectivity index (χ0v) is 14.9. The van der Waals surface area contributed by atoms with Crippen molar-refractivity contribution in [1.29, 1.82) is 0 Å². The normalized spacial score (nSPS) is 10.1. The summed E-state index contributed by atoms with van der Waals surface area (Å²) in [4.78, 5) is 23.8. The predicted octanol–water partition coefficient (Wildman–Crippen LogP) is 3.57. The highest BCUT2D eigenvalue weighted by molar-refractivity contribution is 6.02. The molecule has 1 aromatic heterocycles. The van der Waals surface area contributed by atoms with Gasteiger partial charge in [0.1, 0.15) is 0 Å². The van der Waals surface area contributed by atoms with Gasteiger partial charge in [-0.1, -0.05) is 18.2 Å². The van der Waals surface area contributed by atoms with Crippen molar-refractivity contribution in [2.45, 2.75) is 6.92 Å². The van der Waals surface area contributed by atoms with Crippen molar-refractivity contribution in [1.82, 2.24) is 10.2 Å². The molecule has 0 aliphatic carbocycles. The Bertz CT molecular complexity index is 971. The van der Waals surface area contributed by atoms with E-state index >= 15 is 0 Å². The van der Waals surface area contributed by atoms with Crippen LogP contribution < -0.4 is 10.6 Å². The minimum atomic E-state index is -0.423. The average Bonchev–Trinajstić information content (AvgIpc) is 2.68. The third-order valence-electron chi connectivity index (χ3n) is 3.73. The number of amides is 1. The van der Waals surface area contributed by atoms with E-state index in [4.69, 9.17) is 4.74 Å². The van der Waals surface area contributed by atoms with Crippen LogP contribution in [0.1, 0.15) is 26.4 Å². The molecule has 3 rings (SSSR count). The standard InChI is InChI=1S/C20H18N4O3/c1-13-5-3-7-15(11-13)22-19(25)17-9-10-18(24-23-17)21-16-8-4-6-14(12-16)20(26)27-2/h3-12H,1-2H3,(H,21,24)(H,22,25). The van der Waals surface area contributed by atoms with E-state index < -0.39 is 5.97 Å². The second-order valence-electron chi connectivity index (χ2n) is 5.82. The van der Waals surface area contributed by atoms with Crippen molar-refractivity contribution in [2.24, 2.45) is 0 Å². The second-order valence-corrected chi connectivity index (χ2v) is 5.82. The number of nitrogens with zero attached hydrogens (tertiary/aromatic N) is 2. The number of aryl methyl sites for hydroxylation is 1. The molecule has 27 heavy (non-hydrogen) atoms. The Kier molecular flexibility index (Phi) is 5.41. The Hall–Kier alpha value is -3.74. The van der Waals surface area contributed by atoms with Gasteiger partial charge in [0, 0.05) is 11.4 Å². The van der Waals surface area contributed by atoms with E-state index in [1.54, 1.807) is 36.4 Å². The van der Waals surface area contributed by atoms with Gasteiger partial charge in [-0.3, -0.25) is 4.79 Å². The zero-order chi connectivity index (χ0) is 19.2. The topological polar surface area (TPSA) is 93.2 Å². The highest BCUT2D eigenvalue weighted by Crippen LogP contribution is 2.17. The summed E-state index contributed by atoms with van der Waals surface area (Å²) in [6, 6.07) is 17.5. The first-order valence-electron chi connectivity index (χ1n) is 8.22. The van der Waals surface area contributed by atoms with Gasteiger partial charge in [0.25, 0.3) is 5.91 Å². The number of carbonyl (C=O) groups is 2. The molecule has 0 fully saturated rings. The quantitative estimate of drug-likeness (QED) is 0.674. The molecule has 0 bridgehead atoms. The van der Waals surface area contributed by atoms with Crippen LogP contribution >= 0.6 is 0 Å². The summed E-state index contributed by atoms with van der Waals surface area (Å²) in [5, 5.41) is 13.8. The average molecular weight is 362 g/mol. The van der Waals surface area contributed by atoms with E-state index in [0.29, 0.717) is 22.8 Å². The molecule has 2 N–H and O–H groups in total. The number of esters is 1. The van der Waals surface area contributed by atoms with Crippen LogP contribution in [0.4, 0.5) is 17.2 Å². The monoisotopic (exact) mass is 362 g/mol. The van der Waals surface area contributed by atoms with Crippen molar-refractivity contribution in [3.63, 3.8) is 0 Å². The largest absolute Gasteiger partial charge is 0.465 e.